The van der Waals surface area contributed by atoms with Gasteiger partial charge in [-0.2, -0.15) is 17.5 Å². The number of halogens is 3. The third-order valence-corrected chi connectivity index (χ3v) is 7.28. The lowest BCUT2D eigenvalue weighted by atomic mass is 10.2. The van der Waals surface area contributed by atoms with Crippen molar-refractivity contribution >= 4 is 21.6 Å². The van der Waals surface area contributed by atoms with Gasteiger partial charge in [0.15, 0.2) is 0 Å². The van der Waals surface area contributed by atoms with Crippen LogP contribution in [0.1, 0.15) is 19.4 Å². The first-order valence-corrected chi connectivity index (χ1v) is 11.7. The van der Waals surface area contributed by atoms with Crippen LogP contribution in [0.15, 0.2) is 59.5 Å². The summed E-state index contributed by atoms with van der Waals surface area (Å²) in [6.45, 7) is 4.44. The molecule has 1 fully saturated rings. The maximum absolute atomic E-state index is 13.3. The summed E-state index contributed by atoms with van der Waals surface area (Å²) in [6, 6.07) is 13.4. The summed E-state index contributed by atoms with van der Waals surface area (Å²) in [4.78, 5) is 15.7. The number of piperazine rings is 1. The molecule has 32 heavy (non-hydrogen) atoms. The molecular formula is C22H26F3N3O3S. The normalized spacial score (nSPS) is 16.3. The summed E-state index contributed by atoms with van der Waals surface area (Å²) in [6.07, 6.45) is -4.77. The first-order chi connectivity index (χ1) is 15.0. The van der Waals surface area contributed by atoms with Crippen LogP contribution in [0.3, 0.4) is 0 Å². The molecule has 0 unspecified atom stereocenters. The van der Waals surface area contributed by atoms with Gasteiger partial charge in [0.05, 0.1) is 17.0 Å². The third-order valence-electron chi connectivity index (χ3n) is 5.32. The fourth-order valence-electron chi connectivity index (χ4n) is 3.78. The van der Waals surface area contributed by atoms with E-state index in [0.717, 1.165) is 22.1 Å². The molecule has 0 bridgehead atoms. The Labute approximate surface area is 186 Å². The van der Waals surface area contributed by atoms with E-state index in [1.54, 1.807) is 4.90 Å². The average molecular weight is 470 g/mol. The predicted octanol–water partition coefficient (Wildman–Crippen LogP) is 3.45. The number of anilines is 1. The zero-order chi connectivity index (χ0) is 23.5. The maximum Gasteiger partial charge on any atom is 0.417 e. The van der Waals surface area contributed by atoms with Gasteiger partial charge in [-0.15, -0.1) is 0 Å². The van der Waals surface area contributed by atoms with Crippen LogP contribution in [0.5, 0.6) is 0 Å². The number of alkyl halides is 3. The van der Waals surface area contributed by atoms with Crippen LogP contribution in [0.25, 0.3) is 0 Å². The number of sulfonamides is 1. The molecule has 1 aliphatic heterocycles. The fraction of sp³-hybridized carbons (Fsp3) is 0.409. The third kappa shape index (κ3) is 5.31. The zero-order valence-electron chi connectivity index (χ0n) is 17.9. The van der Waals surface area contributed by atoms with Gasteiger partial charge in [-0.1, -0.05) is 30.3 Å². The van der Waals surface area contributed by atoms with Gasteiger partial charge in [-0.25, -0.2) is 8.42 Å². The minimum atomic E-state index is -4.77. The van der Waals surface area contributed by atoms with Gasteiger partial charge < -0.3 is 4.90 Å². The molecule has 3 rings (SSSR count). The van der Waals surface area contributed by atoms with E-state index in [1.165, 1.54) is 12.1 Å². The summed E-state index contributed by atoms with van der Waals surface area (Å²) in [7, 11) is -4.31. The van der Waals surface area contributed by atoms with Crippen LogP contribution in [-0.4, -0.2) is 62.3 Å². The van der Waals surface area contributed by atoms with Crippen molar-refractivity contribution in [3.8, 4) is 0 Å². The van der Waals surface area contributed by atoms with E-state index in [4.69, 9.17) is 0 Å². The molecule has 0 saturated carbocycles. The van der Waals surface area contributed by atoms with Gasteiger partial charge in [0.25, 0.3) is 0 Å². The van der Waals surface area contributed by atoms with Crippen molar-refractivity contribution in [1.29, 1.82) is 0 Å². The molecule has 1 amide bonds. The lowest BCUT2D eigenvalue weighted by Crippen LogP contribution is -2.52. The molecule has 10 heteroatoms. The van der Waals surface area contributed by atoms with Crippen molar-refractivity contribution in [1.82, 2.24) is 9.21 Å². The summed E-state index contributed by atoms with van der Waals surface area (Å²) < 4.78 is 66.7. The highest BCUT2D eigenvalue weighted by molar-refractivity contribution is 7.89. The van der Waals surface area contributed by atoms with Crippen molar-refractivity contribution in [2.75, 3.05) is 37.6 Å². The van der Waals surface area contributed by atoms with Gasteiger partial charge in [0.1, 0.15) is 0 Å². The SMILES string of the molecule is CC(C)N(C(=O)CN1CCN(S(=O)(=O)c2ccccc2C(F)(F)F)CC1)c1ccccc1. The number of nitrogens with zero attached hydrogens (tertiary/aromatic N) is 3. The molecule has 1 saturated heterocycles. The van der Waals surface area contributed by atoms with E-state index in [2.05, 4.69) is 0 Å². The van der Waals surface area contributed by atoms with E-state index in [9.17, 15) is 26.4 Å². The molecule has 0 radical (unpaired) electrons. The summed E-state index contributed by atoms with van der Waals surface area (Å²) in [5.41, 5.74) is -0.398. The molecule has 0 N–H and O–H groups in total. The Balaban J connectivity index is 1.68. The van der Waals surface area contributed by atoms with Crippen molar-refractivity contribution in [3.63, 3.8) is 0 Å². The molecule has 2 aromatic carbocycles. The first-order valence-electron chi connectivity index (χ1n) is 10.3. The number of amides is 1. The van der Waals surface area contributed by atoms with Gasteiger partial charge in [-0.3, -0.25) is 9.69 Å². The number of rotatable bonds is 6. The van der Waals surface area contributed by atoms with Crippen molar-refractivity contribution in [3.05, 3.63) is 60.2 Å². The topological polar surface area (TPSA) is 60.9 Å². The molecule has 6 nitrogen and oxygen atoms in total. The lowest BCUT2D eigenvalue weighted by molar-refractivity contribution is -0.140. The Hall–Kier alpha value is -2.43. The minimum Gasteiger partial charge on any atom is -0.309 e. The van der Waals surface area contributed by atoms with Crippen molar-refractivity contribution in [2.24, 2.45) is 0 Å². The molecule has 2 aromatic rings. The molecule has 0 aromatic heterocycles. The minimum absolute atomic E-state index is 0.00875. The molecule has 0 spiro atoms. The van der Waals surface area contributed by atoms with Gasteiger partial charge in [0.2, 0.25) is 15.9 Å². The highest BCUT2D eigenvalue weighted by Gasteiger charge is 2.39. The van der Waals surface area contributed by atoms with Crippen LogP contribution in [-0.2, 0) is 21.0 Å². The molecule has 1 heterocycles. The molecular weight excluding hydrogens is 443 g/mol. The highest BCUT2D eigenvalue weighted by Crippen LogP contribution is 2.35. The number of carbonyl (C=O) groups excluding carboxylic acids is 1. The molecule has 174 valence electrons. The second-order valence-corrected chi connectivity index (χ2v) is 9.77. The number of hydrogen-bond donors (Lipinski definition) is 0. The Morgan fingerprint density at radius 2 is 1.53 bits per heavy atom. The number of carbonyl (C=O) groups is 1. The van der Waals surface area contributed by atoms with Gasteiger partial charge in [0, 0.05) is 37.9 Å². The smallest absolute Gasteiger partial charge is 0.309 e. The summed E-state index contributed by atoms with van der Waals surface area (Å²) >= 11 is 0. The van der Waals surface area contributed by atoms with Crippen LogP contribution in [0, 0.1) is 0 Å². The highest BCUT2D eigenvalue weighted by atomic mass is 32.2. The second kappa shape index (κ2) is 9.60. The first kappa shape index (κ1) is 24.2. The molecule has 0 atom stereocenters. The van der Waals surface area contributed by atoms with Crippen LogP contribution < -0.4 is 4.90 Å². The number of benzene rings is 2. The monoisotopic (exact) mass is 469 g/mol. The van der Waals surface area contributed by atoms with E-state index >= 15 is 0 Å². The van der Waals surface area contributed by atoms with Crippen LogP contribution >= 0.6 is 0 Å². The molecule has 1 aliphatic rings. The summed E-state index contributed by atoms with van der Waals surface area (Å²) in [5.74, 6) is -0.120. The second-order valence-electron chi connectivity index (χ2n) is 7.87. The van der Waals surface area contributed by atoms with Crippen molar-refractivity contribution < 1.29 is 26.4 Å². The fourth-order valence-corrected chi connectivity index (χ4v) is 5.41. The van der Waals surface area contributed by atoms with Gasteiger partial charge in [-0.05, 0) is 38.1 Å². The zero-order valence-corrected chi connectivity index (χ0v) is 18.7. The Bertz CT molecular complexity index is 1040. The van der Waals surface area contributed by atoms with Crippen molar-refractivity contribution in [2.45, 2.75) is 31.0 Å². The number of hydrogen-bond acceptors (Lipinski definition) is 4. The molecule has 0 aliphatic carbocycles. The van der Waals surface area contributed by atoms with E-state index in [1.807, 2.05) is 49.1 Å². The number of para-hydroxylation sites is 1. The largest absolute Gasteiger partial charge is 0.417 e. The Morgan fingerprint density at radius 3 is 2.09 bits per heavy atom. The summed E-state index contributed by atoms with van der Waals surface area (Å²) in [5, 5.41) is 0. The Morgan fingerprint density at radius 1 is 0.969 bits per heavy atom. The quantitative estimate of drug-likeness (QED) is 0.650. The van der Waals surface area contributed by atoms with Gasteiger partial charge >= 0.3 is 6.18 Å². The Kier molecular flexibility index (Phi) is 7.26. The van der Waals surface area contributed by atoms with Crippen LogP contribution in [0.2, 0.25) is 0 Å². The lowest BCUT2D eigenvalue weighted by Gasteiger charge is -2.35. The van der Waals surface area contributed by atoms with Crippen LogP contribution in [0.4, 0.5) is 18.9 Å². The average Bonchev–Trinajstić information content (AvgIpc) is 2.74. The maximum atomic E-state index is 13.3. The predicted molar refractivity (Wildman–Crippen MR) is 116 cm³/mol. The standard InChI is InChI=1S/C22H26F3N3O3S/c1-17(2)28(18-8-4-3-5-9-18)21(29)16-26-12-14-27(15-13-26)32(30,31)20-11-7-6-10-19(20)22(23,24)25/h3-11,17H,12-16H2,1-2H3. The van der Waals surface area contributed by atoms with E-state index in [-0.39, 0.29) is 44.7 Å². The van der Waals surface area contributed by atoms with E-state index in [0.29, 0.717) is 0 Å². The van der Waals surface area contributed by atoms with E-state index < -0.39 is 26.7 Å².